The molecule has 1 heterocycles. The molecule has 3 nitrogen and oxygen atoms in total. The highest BCUT2D eigenvalue weighted by atomic mass is 32.1. The summed E-state index contributed by atoms with van der Waals surface area (Å²) < 4.78 is 42.8. The average molecular weight is 287 g/mol. The van der Waals surface area contributed by atoms with Crippen LogP contribution < -0.4 is 5.32 Å². The fourth-order valence-corrected chi connectivity index (χ4v) is 2.48. The van der Waals surface area contributed by atoms with Crippen LogP contribution in [0.1, 0.15) is 29.0 Å². The van der Waals surface area contributed by atoms with Gasteiger partial charge in [-0.05, 0) is 29.7 Å². The quantitative estimate of drug-likeness (QED) is 0.938. The Bertz CT molecular complexity index is 525. The van der Waals surface area contributed by atoms with Crippen LogP contribution in [0.25, 0.3) is 0 Å². The maximum atomic E-state index is 13.0. The summed E-state index contributed by atoms with van der Waals surface area (Å²) in [5, 5.41) is 6.73. The molecule has 1 aromatic heterocycles. The van der Waals surface area contributed by atoms with Gasteiger partial charge in [0.2, 0.25) is 0 Å². The van der Waals surface area contributed by atoms with Crippen LogP contribution in [0.4, 0.5) is 13.2 Å². The number of benzene rings is 1. The van der Waals surface area contributed by atoms with E-state index in [4.69, 9.17) is 0 Å². The Labute approximate surface area is 112 Å². The molecule has 1 atom stereocenters. The molecular weight excluding hydrogens is 275 g/mol. The Balaban J connectivity index is 2.48. The first-order valence-electron chi connectivity index (χ1n) is 5.70. The molecule has 0 aliphatic carbocycles. The lowest BCUT2D eigenvalue weighted by molar-refractivity contribution is -0.138. The Morgan fingerprint density at radius 1 is 1.32 bits per heavy atom. The van der Waals surface area contributed by atoms with Gasteiger partial charge in [-0.1, -0.05) is 29.6 Å². The SMILES string of the molecule is CCNC(c1cnns1)c1ccccc1C(F)(F)F. The molecule has 0 aliphatic rings. The van der Waals surface area contributed by atoms with Crippen molar-refractivity contribution in [1.82, 2.24) is 14.9 Å². The van der Waals surface area contributed by atoms with Crippen molar-refractivity contribution in [2.75, 3.05) is 6.54 Å². The first kappa shape index (κ1) is 14.0. The van der Waals surface area contributed by atoms with E-state index in [0.717, 1.165) is 17.6 Å². The van der Waals surface area contributed by atoms with E-state index in [-0.39, 0.29) is 5.56 Å². The first-order valence-corrected chi connectivity index (χ1v) is 6.48. The molecular formula is C12H12F3N3S. The van der Waals surface area contributed by atoms with E-state index in [0.29, 0.717) is 11.4 Å². The standard InChI is InChI=1S/C12H12F3N3S/c1-2-16-11(10-7-17-18-19-10)8-5-3-4-6-9(8)12(13,14)15/h3-7,11,16H,2H2,1H3. The summed E-state index contributed by atoms with van der Waals surface area (Å²) in [5.74, 6) is 0. The van der Waals surface area contributed by atoms with Crippen LogP contribution in [-0.4, -0.2) is 16.1 Å². The molecule has 1 unspecified atom stereocenters. The van der Waals surface area contributed by atoms with Crippen molar-refractivity contribution in [1.29, 1.82) is 0 Å². The lowest BCUT2D eigenvalue weighted by Gasteiger charge is -2.20. The third kappa shape index (κ3) is 3.10. The molecule has 0 bridgehead atoms. The normalized spacial score (nSPS) is 13.5. The largest absolute Gasteiger partial charge is 0.416 e. The van der Waals surface area contributed by atoms with Gasteiger partial charge < -0.3 is 5.32 Å². The van der Waals surface area contributed by atoms with Gasteiger partial charge in [-0.2, -0.15) is 13.2 Å². The first-order chi connectivity index (χ1) is 9.04. The third-order valence-corrected chi connectivity index (χ3v) is 3.38. The number of alkyl halides is 3. The van der Waals surface area contributed by atoms with Gasteiger partial charge in [0.05, 0.1) is 22.7 Å². The Kier molecular flexibility index (Phi) is 4.16. The molecule has 19 heavy (non-hydrogen) atoms. The van der Waals surface area contributed by atoms with Crippen LogP contribution in [0.3, 0.4) is 0 Å². The lowest BCUT2D eigenvalue weighted by Crippen LogP contribution is -2.24. The topological polar surface area (TPSA) is 37.8 Å². The van der Waals surface area contributed by atoms with Crippen molar-refractivity contribution >= 4 is 11.5 Å². The minimum atomic E-state index is -4.37. The number of hydrogen-bond acceptors (Lipinski definition) is 4. The summed E-state index contributed by atoms with van der Waals surface area (Å²) in [5.41, 5.74) is -0.433. The van der Waals surface area contributed by atoms with Crippen molar-refractivity contribution in [2.45, 2.75) is 19.1 Å². The second-order valence-corrected chi connectivity index (χ2v) is 4.71. The number of halogens is 3. The van der Waals surface area contributed by atoms with Crippen LogP contribution >= 0.6 is 11.5 Å². The van der Waals surface area contributed by atoms with E-state index in [1.165, 1.54) is 18.3 Å². The van der Waals surface area contributed by atoms with Gasteiger partial charge in [0.1, 0.15) is 0 Å². The Hall–Kier alpha value is -1.47. The van der Waals surface area contributed by atoms with E-state index in [9.17, 15) is 13.2 Å². The number of nitrogens with zero attached hydrogens (tertiary/aromatic N) is 2. The van der Waals surface area contributed by atoms with E-state index in [1.54, 1.807) is 6.07 Å². The predicted octanol–water partition coefficient (Wildman–Crippen LogP) is 3.26. The number of nitrogens with one attached hydrogen (secondary N) is 1. The van der Waals surface area contributed by atoms with E-state index < -0.39 is 17.8 Å². The van der Waals surface area contributed by atoms with Crippen LogP contribution in [-0.2, 0) is 6.18 Å². The van der Waals surface area contributed by atoms with Gasteiger partial charge in [-0.3, -0.25) is 0 Å². The van der Waals surface area contributed by atoms with Crippen LogP contribution in [0.5, 0.6) is 0 Å². The predicted molar refractivity (Wildman–Crippen MR) is 66.9 cm³/mol. The minimum absolute atomic E-state index is 0.197. The van der Waals surface area contributed by atoms with E-state index in [2.05, 4.69) is 14.9 Å². The van der Waals surface area contributed by atoms with Crippen LogP contribution in [0, 0.1) is 0 Å². The fraction of sp³-hybridized carbons (Fsp3) is 0.333. The maximum absolute atomic E-state index is 13.0. The van der Waals surface area contributed by atoms with E-state index >= 15 is 0 Å². The van der Waals surface area contributed by atoms with Crippen molar-refractivity contribution in [3.8, 4) is 0 Å². The summed E-state index contributed by atoms with van der Waals surface area (Å²) in [6.45, 7) is 2.40. The molecule has 0 fully saturated rings. The van der Waals surface area contributed by atoms with Gasteiger partial charge in [0.15, 0.2) is 0 Å². The van der Waals surface area contributed by atoms with Crippen LogP contribution in [0.15, 0.2) is 30.5 Å². The maximum Gasteiger partial charge on any atom is 0.416 e. The van der Waals surface area contributed by atoms with Crippen molar-refractivity contribution in [2.24, 2.45) is 0 Å². The Morgan fingerprint density at radius 3 is 2.63 bits per heavy atom. The highest BCUT2D eigenvalue weighted by Crippen LogP contribution is 2.36. The number of hydrogen-bond donors (Lipinski definition) is 1. The smallest absolute Gasteiger partial charge is 0.306 e. The number of aromatic nitrogens is 2. The molecule has 0 saturated carbocycles. The van der Waals surface area contributed by atoms with Crippen molar-refractivity contribution < 1.29 is 13.2 Å². The van der Waals surface area contributed by atoms with Crippen LogP contribution in [0.2, 0.25) is 0 Å². The zero-order valence-corrected chi connectivity index (χ0v) is 10.9. The molecule has 1 N–H and O–H groups in total. The highest BCUT2D eigenvalue weighted by molar-refractivity contribution is 7.05. The second-order valence-electron chi connectivity index (χ2n) is 3.90. The Morgan fingerprint density at radius 2 is 2.05 bits per heavy atom. The van der Waals surface area contributed by atoms with Crippen molar-refractivity contribution in [3.63, 3.8) is 0 Å². The molecule has 0 saturated heterocycles. The lowest BCUT2D eigenvalue weighted by atomic mass is 9.99. The van der Waals surface area contributed by atoms with Gasteiger partial charge in [-0.25, -0.2) is 0 Å². The molecule has 0 spiro atoms. The summed E-state index contributed by atoms with van der Waals surface area (Å²) >= 11 is 1.09. The van der Waals surface area contributed by atoms with Gasteiger partial charge >= 0.3 is 6.18 Å². The highest BCUT2D eigenvalue weighted by Gasteiger charge is 2.35. The molecule has 0 aliphatic heterocycles. The molecule has 2 rings (SSSR count). The zero-order valence-electron chi connectivity index (χ0n) is 10.1. The van der Waals surface area contributed by atoms with Gasteiger partial charge in [-0.15, -0.1) is 5.10 Å². The molecule has 0 radical (unpaired) electrons. The van der Waals surface area contributed by atoms with Gasteiger partial charge in [0.25, 0.3) is 0 Å². The molecule has 0 amide bonds. The summed E-state index contributed by atoms with van der Waals surface area (Å²) in [6.07, 6.45) is -2.88. The third-order valence-electron chi connectivity index (χ3n) is 2.65. The zero-order chi connectivity index (χ0) is 13.9. The fourth-order valence-electron chi connectivity index (χ4n) is 1.88. The van der Waals surface area contributed by atoms with Gasteiger partial charge in [0, 0.05) is 0 Å². The number of rotatable bonds is 4. The minimum Gasteiger partial charge on any atom is -0.306 e. The molecule has 1 aromatic carbocycles. The summed E-state index contributed by atoms with van der Waals surface area (Å²) in [4.78, 5) is 0.665. The molecule has 102 valence electrons. The monoisotopic (exact) mass is 287 g/mol. The van der Waals surface area contributed by atoms with E-state index in [1.807, 2.05) is 6.92 Å². The summed E-state index contributed by atoms with van der Waals surface area (Å²) in [6, 6.07) is 5.02. The summed E-state index contributed by atoms with van der Waals surface area (Å²) in [7, 11) is 0. The second kappa shape index (κ2) is 5.66. The molecule has 7 heteroatoms. The van der Waals surface area contributed by atoms with Crippen molar-refractivity contribution in [3.05, 3.63) is 46.5 Å². The molecule has 2 aromatic rings. The average Bonchev–Trinajstić information content (AvgIpc) is 2.88.